The number of Topliss-reactive ketones (excluding diaryl/α,β-unsaturated/α-hetero) is 1. The fourth-order valence-electron chi connectivity index (χ4n) is 1.83. The normalized spacial score (nSPS) is 13.5. The van der Waals surface area contributed by atoms with E-state index < -0.39 is 0 Å². The first-order chi connectivity index (χ1) is 8.70. The third-order valence-corrected chi connectivity index (χ3v) is 2.77. The summed E-state index contributed by atoms with van der Waals surface area (Å²) in [5, 5.41) is 5.69. The number of nitrogens with one attached hydrogen (secondary N) is 2. The Kier molecular flexibility index (Phi) is 3.94. The van der Waals surface area contributed by atoms with Gasteiger partial charge in [-0.15, -0.1) is 0 Å². The standard InChI is InChI=1S/C13H16N2O3/c1-14-6-2-3-11(16)9-4-5-12-10(7-9)15-13(17)8-18-12/h4-5,7,14H,2-3,6,8H2,1H3,(H,15,17). The largest absolute Gasteiger partial charge is 0.482 e. The number of benzene rings is 1. The molecule has 5 nitrogen and oxygen atoms in total. The van der Waals surface area contributed by atoms with Crippen molar-refractivity contribution in [2.45, 2.75) is 12.8 Å². The van der Waals surface area contributed by atoms with E-state index in [2.05, 4.69) is 10.6 Å². The van der Waals surface area contributed by atoms with Crippen molar-refractivity contribution in [1.29, 1.82) is 0 Å². The quantitative estimate of drug-likeness (QED) is 0.607. The number of ether oxygens (including phenoxy) is 1. The van der Waals surface area contributed by atoms with Gasteiger partial charge in [0.2, 0.25) is 0 Å². The van der Waals surface area contributed by atoms with E-state index in [9.17, 15) is 9.59 Å². The van der Waals surface area contributed by atoms with Crippen LogP contribution in [0.2, 0.25) is 0 Å². The first-order valence-corrected chi connectivity index (χ1v) is 5.95. The van der Waals surface area contributed by atoms with E-state index in [1.54, 1.807) is 18.2 Å². The lowest BCUT2D eigenvalue weighted by molar-refractivity contribution is -0.118. The lowest BCUT2D eigenvalue weighted by Crippen LogP contribution is -2.25. The zero-order valence-corrected chi connectivity index (χ0v) is 10.3. The maximum Gasteiger partial charge on any atom is 0.262 e. The summed E-state index contributed by atoms with van der Waals surface area (Å²) in [5.41, 5.74) is 1.18. The summed E-state index contributed by atoms with van der Waals surface area (Å²) in [6.07, 6.45) is 1.30. The molecule has 1 aliphatic rings. The molecule has 1 aromatic rings. The predicted molar refractivity (Wildman–Crippen MR) is 68.1 cm³/mol. The van der Waals surface area contributed by atoms with Crippen molar-refractivity contribution < 1.29 is 14.3 Å². The van der Waals surface area contributed by atoms with Gasteiger partial charge in [-0.2, -0.15) is 0 Å². The zero-order valence-electron chi connectivity index (χ0n) is 10.3. The van der Waals surface area contributed by atoms with Gasteiger partial charge >= 0.3 is 0 Å². The van der Waals surface area contributed by atoms with Crippen LogP contribution in [0.4, 0.5) is 5.69 Å². The topological polar surface area (TPSA) is 67.4 Å². The van der Waals surface area contributed by atoms with Gasteiger partial charge in [0.05, 0.1) is 5.69 Å². The smallest absolute Gasteiger partial charge is 0.262 e. The molecular formula is C13H16N2O3. The maximum absolute atomic E-state index is 11.9. The molecule has 2 rings (SSSR count). The van der Waals surface area contributed by atoms with E-state index in [1.807, 2.05) is 7.05 Å². The third kappa shape index (κ3) is 2.87. The number of ketones is 1. The van der Waals surface area contributed by atoms with Crippen LogP contribution >= 0.6 is 0 Å². The number of fused-ring (bicyclic) bond motifs is 1. The minimum atomic E-state index is -0.192. The summed E-state index contributed by atoms with van der Waals surface area (Å²) >= 11 is 0. The summed E-state index contributed by atoms with van der Waals surface area (Å²) in [5.74, 6) is 0.497. The summed E-state index contributed by atoms with van der Waals surface area (Å²) in [4.78, 5) is 23.1. The molecule has 0 fully saturated rings. The summed E-state index contributed by atoms with van der Waals surface area (Å²) in [6, 6.07) is 5.13. The Hall–Kier alpha value is -1.88. The van der Waals surface area contributed by atoms with Crippen LogP contribution in [0, 0.1) is 0 Å². The number of hydrogen-bond donors (Lipinski definition) is 2. The number of rotatable bonds is 5. The average Bonchev–Trinajstić information content (AvgIpc) is 2.38. The van der Waals surface area contributed by atoms with Crippen molar-refractivity contribution in [3.05, 3.63) is 23.8 Å². The highest BCUT2D eigenvalue weighted by Crippen LogP contribution is 2.28. The second-order valence-corrected chi connectivity index (χ2v) is 4.18. The Morgan fingerprint density at radius 3 is 3.11 bits per heavy atom. The molecule has 96 valence electrons. The van der Waals surface area contributed by atoms with Crippen LogP contribution in [0.5, 0.6) is 5.75 Å². The van der Waals surface area contributed by atoms with Gasteiger partial charge in [0.15, 0.2) is 12.4 Å². The average molecular weight is 248 g/mol. The molecule has 0 spiro atoms. The van der Waals surface area contributed by atoms with E-state index in [1.165, 1.54) is 0 Å². The summed E-state index contributed by atoms with van der Waals surface area (Å²) < 4.78 is 5.24. The van der Waals surface area contributed by atoms with Crippen LogP contribution in [0.1, 0.15) is 23.2 Å². The van der Waals surface area contributed by atoms with Crippen molar-refractivity contribution in [3.63, 3.8) is 0 Å². The van der Waals surface area contributed by atoms with E-state index >= 15 is 0 Å². The Morgan fingerprint density at radius 2 is 2.33 bits per heavy atom. The van der Waals surface area contributed by atoms with Crippen LogP contribution < -0.4 is 15.4 Å². The van der Waals surface area contributed by atoms with Gasteiger partial charge in [0.25, 0.3) is 5.91 Å². The van der Waals surface area contributed by atoms with Gasteiger partial charge in [0.1, 0.15) is 5.75 Å². The SMILES string of the molecule is CNCCCC(=O)c1ccc2c(c1)NC(=O)CO2. The molecule has 0 saturated carbocycles. The Bertz CT molecular complexity index is 471. The number of carbonyl (C=O) groups excluding carboxylic acids is 2. The monoisotopic (exact) mass is 248 g/mol. The molecular weight excluding hydrogens is 232 g/mol. The van der Waals surface area contributed by atoms with Crippen molar-refractivity contribution in [3.8, 4) is 5.75 Å². The summed E-state index contributed by atoms with van der Waals surface area (Å²) in [7, 11) is 1.86. The van der Waals surface area contributed by atoms with E-state index in [0.717, 1.165) is 13.0 Å². The van der Waals surface area contributed by atoms with E-state index in [0.29, 0.717) is 23.4 Å². The molecule has 18 heavy (non-hydrogen) atoms. The molecule has 0 radical (unpaired) electrons. The first-order valence-electron chi connectivity index (χ1n) is 5.95. The van der Waals surface area contributed by atoms with Crippen LogP contribution in [0.3, 0.4) is 0 Å². The van der Waals surface area contributed by atoms with Gasteiger partial charge in [-0.3, -0.25) is 9.59 Å². The highest BCUT2D eigenvalue weighted by Gasteiger charge is 2.17. The predicted octanol–water partition coefficient (Wildman–Crippen LogP) is 1.20. The van der Waals surface area contributed by atoms with Crippen molar-refractivity contribution in [2.75, 3.05) is 25.5 Å². The molecule has 0 aromatic heterocycles. The molecule has 0 aliphatic carbocycles. The van der Waals surface area contributed by atoms with E-state index in [-0.39, 0.29) is 18.3 Å². The van der Waals surface area contributed by atoms with Crippen LogP contribution in [0.15, 0.2) is 18.2 Å². The minimum absolute atomic E-state index is 0.0302. The number of carbonyl (C=O) groups is 2. The second-order valence-electron chi connectivity index (χ2n) is 4.18. The first kappa shape index (κ1) is 12.6. The Balaban J connectivity index is 2.08. The van der Waals surface area contributed by atoms with E-state index in [4.69, 9.17) is 4.74 Å². The molecule has 0 unspecified atom stereocenters. The molecule has 1 aromatic carbocycles. The van der Waals surface area contributed by atoms with Gasteiger partial charge in [-0.1, -0.05) is 0 Å². The Morgan fingerprint density at radius 1 is 1.50 bits per heavy atom. The molecule has 1 heterocycles. The zero-order chi connectivity index (χ0) is 13.0. The number of hydrogen-bond acceptors (Lipinski definition) is 4. The fourth-order valence-corrected chi connectivity index (χ4v) is 1.83. The minimum Gasteiger partial charge on any atom is -0.482 e. The molecule has 0 saturated heterocycles. The van der Waals surface area contributed by atoms with Crippen LogP contribution in [0.25, 0.3) is 0 Å². The van der Waals surface area contributed by atoms with Gasteiger partial charge < -0.3 is 15.4 Å². The molecule has 1 aliphatic heterocycles. The third-order valence-electron chi connectivity index (χ3n) is 2.77. The van der Waals surface area contributed by atoms with Gasteiger partial charge in [-0.05, 0) is 38.2 Å². The number of anilines is 1. The number of amides is 1. The van der Waals surface area contributed by atoms with Crippen LogP contribution in [-0.4, -0.2) is 31.9 Å². The lowest BCUT2D eigenvalue weighted by atomic mass is 10.1. The van der Waals surface area contributed by atoms with Crippen molar-refractivity contribution in [2.24, 2.45) is 0 Å². The fraction of sp³-hybridized carbons (Fsp3) is 0.385. The molecule has 5 heteroatoms. The molecule has 0 bridgehead atoms. The van der Waals surface area contributed by atoms with Crippen molar-refractivity contribution in [1.82, 2.24) is 5.32 Å². The maximum atomic E-state index is 11.9. The second kappa shape index (κ2) is 5.64. The van der Waals surface area contributed by atoms with Crippen LogP contribution in [-0.2, 0) is 4.79 Å². The molecule has 1 amide bonds. The molecule has 2 N–H and O–H groups in total. The Labute approximate surface area is 106 Å². The van der Waals surface area contributed by atoms with Gasteiger partial charge in [0, 0.05) is 12.0 Å². The molecule has 0 atom stereocenters. The highest BCUT2D eigenvalue weighted by molar-refractivity contribution is 6.00. The lowest BCUT2D eigenvalue weighted by Gasteiger charge is -2.18. The summed E-state index contributed by atoms with van der Waals surface area (Å²) in [6.45, 7) is 0.846. The van der Waals surface area contributed by atoms with Crippen molar-refractivity contribution >= 4 is 17.4 Å². The highest BCUT2D eigenvalue weighted by atomic mass is 16.5. The van der Waals surface area contributed by atoms with Gasteiger partial charge in [-0.25, -0.2) is 0 Å².